The molecule has 1 aliphatic heterocycles. The second kappa shape index (κ2) is 6.10. The lowest BCUT2D eigenvalue weighted by Gasteiger charge is -2.34. The summed E-state index contributed by atoms with van der Waals surface area (Å²) in [4.78, 5) is 2.46. The lowest BCUT2D eigenvalue weighted by molar-refractivity contribution is 0.445. The Kier molecular flexibility index (Phi) is 4.03. The topological polar surface area (TPSA) is 17.3 Å². The van der Waals surface area contributed by atoms with Crippen LogP contribution in [0.25, 0.3) is 0 Å². The van der Waals surface area contributed by atoms with Crippen molar-refractivity contribution in [1.29, 1.82) is 0 Å². The molecule has 0 bridgehead atoms. The van der Waals surface area contributed by atoms with Gasteiger partial charge in [0.2, 0.25) is 0 Å². The molecule has 2 aromatic carbocycles. The monoisotopic (exact) mass is 265 g/mol. The average molecular weight is 265 g/mol. The number of aryl methyl sites for hydroxylation is 1. The van der Waals surface area contributed by atoms with Crippen LogP contribution in [0.1, 0.15) is 11.1 Å². The number of anilines is 1. The van der Waals surface area contributed by atoms with E-state index >= 15 is 0 Å². The van der Waals surface area contributed by atoms with Crippen molar-refractivity contribution in [3.8, 4) is 0 Å². The first-order chi connectivity index (χ1) is 9.81. The van der Waals surface area contributed by atoms with Gasteiger partial charge in [-0.3, -0.25) is 0 Å². The van der Waals surface area contributed by atoms with E-state index in [2.05, 4.69) is 66.4 Å². The van der Waals surface area contributed by atoms with E-state index in [1.165, 1.54) is 16.8 Å². The van der Waals surface area contributed by atoms with Crippen LogP contribution in [0.2, 0.25) is 0 Å². The molecule has 1 unspecified atom stereocenters. The maximum Gasteiger partial charge on any atom is 0.0462 e. The molecule has 1 saturated heterocycles. The summed E-state index contributed by atoms with van der Waals surface area (Å²) in [5, 5.41) is 4.78. The lowest BCUT2D eigenvalue weighted by atomic mass is 10.0. The molecule has 0 amide bonds. The molecule has 0 aliphatic carbocycles. The summed E-state index contributed by atoms with van der Waals surface area (Å²) in [6, 6.07) is 19.9. The van der Waals surface area contributed by atoms with Crippen molar-refractivity contribution in [3.63, 3.8) is 0 Å². The summed E-state index contributed by atoms with van der Waals surface area (Å²) < 4.78 is 0. The summed E-state index contributed by atoms with van der Waals surface area (Å²) in [7, 11) is 0. The number of benzene rings is 2. The third-order valence-electron chi connectivity index (χ3n) is 3.90. The van der Waals surface area contributed by atoms with Gasteiger partial charge in [-0.25, -0.2) is 5.32 Å². The van der Waals surface area contributed by atoms with Crippen LogP contribution < -0.4 is 10.2 Å². The third kappa shape index (κ3) is 3.20. The first kappa shape index (κ1) is 13.2. The molecule has 103 valence electrons. The van der Waals surface area contributed by atoms with E-state index in [1.807, 2.05) is 0 Å². The van der Waals surface area contributed by atoms with Crippen LogP contribution in [-0.2, 0) is 6.42 Å². The predicted molar refractivity (Wildman–Crippen MR) is 84.3 cm³/mol. The van der Waals surface area contributed by atoms with E-state index in [1.54, 1.807) is 0 Å². The zero-order valence-electron chi connectivity index (χ0n) is 12.0. The van der Waals surface area contributed by atoms with E-state index in [4.69, 9.17) is 5.32 Å². The second-order valence-corrected chi connectivity index (χ2v) is 5.53. The third-order valence-corrected chi connectivity index (χ3v) is 3.90. The number of hydrogen-bond donors (Lipinski definition) is 0. The molecule has 1 fully saturated rings. The number of rotatable bonds is 3. The molecule has 2 aromatic rings. The van der Waals surface area contributed by atoms with Crippen LogP contribution in [0, 0.1) is 6.92 Å². The number of nitrogens with zero attached hydrogens (tertiary/aromatic N) is 2. The summed E-state index contributed by atoms with van der Waals surface area (Å²) in [6.07, 6.45) is 1.04. The van der Waals surface area contributed by atoms with E-state index in [0.29, 0.717) is 6.04 Å². The van der Waals surface area contributed by atoms with Gasteiger partial charge in [-0.1, -0.05) is 48.0 Å². The Balaban J connectivity index is 1.66. The molecule has 2 nitrogen and oxygen atoms in total. The van der Waals surface area contributed by atoms with E-state index in [0.717, 1.165) is 26.1 Å². The molecule has 1 aliphatic rings. The van der Waals surface area contributed by atoms with Gasteiger partial charge < -0.3 is 4.90 Å². The Morgan fingerprint density at radius 1 is 1.05 bits per heavy atom. The van der Waals surface area contributed by atoms with Crippen molar-refractivity contribution in [2.75, 3.05) is 24.5 Å². The van der Waals surface area contributed by atoms with Gasteiger partial charge in [-0.2, -0.15) is 0 Å². The highest BCUT2D eigenvalue weighted by Crippen LogP contribution is 2.18. The zero-order chi connectivity index (χ0) is 13.8. The molecule has 2 heteroatoms. The molecule has 0 aromatic heterocycles. The Morgan fingerprint density at radius 3 is 2.55 bits per heavy atom. The quantitative estimate of drug-likeness (QED) is 0.834. The Labute approximate surface area is 121 Å². The number of piperazine rings is 1. The SMILES string of the molecule is Cc1ccc(N2CC[N]C(Cc3ccccc3)C2)cc1. The van der Waals surface area contributed by atoms with Gasteiger partial charge in [0.1, 0.15) is 0 Å². The minimum absolute atomic E-state index is 0.410. The normalized spacial score (nSPS) is 19.1. The maximum atomic E-state index is 4.78. The number of hydrogen-bond acceptors (Lipinski definition) is 1. The van der Waals surface area contributed by atoms with Crippen LogP contribution in [-0.4, -0.2) is 25.7 Å². The molecule has 3 rings (SSSR count). The van der Waals surface area contributed by atoms with Crippen molar-refractivity contribution in [3.05, 3.63) is 65.7 Å². The maximum absolute atomic E-state index is 4.78. The highest BCUT2D eigenvalue weighted by Gasteiger charge is 2.20. The van der Waals surface area contributed by atoms with Crippen molar-refractivity contribution in [2.24, 2.45) is 0 Å². The predicted octanol–water partition coefficient (Wildman–Crippen LogP) is 3.03. The Hall–Kier alpha value is -1.80. The molecule has 0 spiro atoms. The molecule has 1 heterocycles. The molecular formula is C18H21N2. The Morgan fingerprint density at radius 2 is 1.80 bits per heavy atom. The fraction of sp³-hybridized carbons (Fsp3) is 0.333. The second-order valence-electron chi connectivity index (χ2n) is 5.53. The van der Waals surface area contributed by atoms with E-state index in [9.17, 15) is 0 Å². The van der Waals surface area contributed by atoms with Crippen LogP contribution in [0.3, 0.4) is 0 Å². The standard InChI is InChI=1S/C18H21N2/c1-15-7-9-18(10-8-15)20-12-11-19-17(14-20)13-16-5-3-2-4-6-16/h2-10,17H,11-14H2,1H3. The molecule has 20 heavy (non-hydrogen) atoms. The van der Waals surface area contributed by atoms with Gasteiger partial charge in [-0.15, -0.1) is 0 Å². The molecule has 1 radical (unpaired) electrons. The van der Waals surface area contributed by atoms with Crippen molar-refractivity contribution in [1.82, 2.24) is 5.32 Å². The smallest absolute Gasteiger partial charge is 0.0462 e. The average Bonchev–Trinajstić information content (AvgIpc) is 2.49. The van der Waals surface area contributed by atoms with Crippen molar-refractivity contribution < 1.29 is 0 Å². The van der Waals surface area contributed by atoms with Crippen LogP contribution in [0.4, 0.5) is 5.69 Å². The van der Waals surface area contributed by atoms with Crippen molar-refractivity contribution in [2.45, 2.75) is 19.4 Å². The van der Waals surface area contributed by atoms with Crippen LogP contribution in [0.15, 0.2) is 54.6 Å². The first-order valence-corrected chi connectivity index (χ1v) is 7.33. The van der Waals surface area contributed by atoms with Gasteiger partial charge in [0, 0.05) is 31.4 Å². The summed E-state index contributed by atoms with van der Waals surface area (Å²) in [6.45, 7) is 5.13. The van der Waals surface area contributed by atoms with Gasteiger partial charge in [-0.05, 0) is 31.0 Å². The zero-order valence-corrected chi connectivity index (χ0v) is 12.0. The lowest BCUT2D eigenvalue weighted by Crippen LogP contribution is -2.48. The Bertz CT molecular complexity index is 533. The minimum atomic E-state index is 0.410. The minimum Gasteiger partial charge on any atom is -0.369 e. The van der Waals surface area contributed by atoms with Gasteiger partial charge in [0.05, 0.1) is 0 Å². The van der Waals surface area contributed by atoms with Gasteiger partial charge in [0.25, 0.3) is 0 Å². The molecular weight excluding hydrogens is 244 g/mol. The first-order valence-electron chi connectivity index (χ1n) is 7.33. The fourth-order valence-corrected chi connectivity index (χ4v) is 2.77. The largest absolute Gasteiger partial charge is 0.369 e. The van der Waals surface area contributed by atoms with Gasteiger partial charge in [0.15, 0.2) is 0 Å². The van der Waals surface area contributed by atoms with Crippen molar-refractivity contribution >= 4 is 5.69 Å². The van der Waals surface area contributed by atoms with Gasteiger partial charge >= 0.3 is 0 Å². The highest BCUT2D eigenvalue weighted by atomic mass is 15.2. The molecule has 0 saturated carbocycles. The van der Waals surface area contributed by atoms with E-state index < -0.39 is 0 Å². The summed E-state index contributed by atoms with van der Waals surface area (Å²) >= 11 is 0. The molecule has 1 atom stereocenters. The van der Waals surface area contributed by atoms with Crippen LogP contribution >= 0.6 is 0 Å². The summed E-state index contributed by atoms with van der Waals surface area (Å²) in [5.41, 5.74) is 4.02. The highest BCUT2D eigenvalue weighted by molar-refractivity contribution is 5.48. The van der Waals surface area contributed by atoms with Crippen LogP contribution in [0.5, 0.6) is 0 Å². The summed E-state index contributed by atoms with van der Waals surface area (Å²) in [5.74, 6) is 0. The van der Waals surface area contributed by atoms with E-state index in [-0.39, 0.29) is 0 Å². The molecule has 0 N–H and O–H groups in total. The fourth-order valence-electron chi connectivity index (χ4n) is 2.77.